The van der Waals surface area contributed by atoms with Crippen molar-refractivity contribution in [2.24, 2.45) is 17.8 Å². The first-order valence-electron chi connectivity index (χ1n) is 16.7. The zero-order chi connectivity index (χ0) is 33.7. The van der Waals surface area contributed by atoms with E-state index in [0.29, 0.717) is 48.9 Å². The van der Waals surface area contributed by atoms with Crippen molar-refractivity contribution in [3.63, 3.8) is 0 Å². The Hall–Kier alpha value is -3.27. The minimum atomic E-state index is -0.755. The second-order valence-corrected chi connectivity index (χ2v) is 14.6. The molecule has 6 atom stereocenters. The number of aliphatic hydroxyl groups is 1. The van der Waals surface area contributed by atoms with E-state index < -0.39 is 22.6 Å². The number of halogens is 1. The SMILES string of the molecule is C=CCN(C(=O)C1N(CCCCCCO)C(=O)[C@@H]2[C@H](C(=O)N(CC=C)c3ccc(OCC)cc3)[C@@H]3CC(C)C12S3)c1ccc(Cl)cc1. The summed E-state index contributed by atoms with van der Waals surface area (Å²) in [5.41, 5.74) is 1.40. The number of hydrogen-bond donors (Lipinski definition) is 1. The standard InChI is InChI=1S/C37H46ClN3O5S/c1-5-20-39(28-16-18-29(19-17-28)46-7-3)34(43)31-30-24-25(4)37(47-30)32(31)35(44)41(22-10-8-9-11-23-42)33(37)36(45)40(21-6-2)27-14-12-26(38)13-15-27/h5-6,12-19,25,30-33,42H,1-2,7-11,20-24H2,3-4H3/t25?,30-,31+,32-,33?,37?/m0/s1. The van der Waals surface area contributed by atoms with Gasteiger partial charge in [-0.25, -0.2) is 0 Å². The lowest BCUT2D eigenvalue weighted by Gasteiger charge is -2.41. The van der Waals surface area contributed by atoms with Crippen molar-refractivity contribution in [3.8, 4) is 5.75 Å². The molecule has 1 N–H and O–H groups in total. The monoisotopic (exact) mass is 679 g/mol. The topological polar surface area (TPSA) is 90.4 Å². The Kier molecular flexibility index (Phi) is 11.4. The minimum Gasteiger partial charge on any atom is -0.494 e. The molecule has 0 radical (unpaired) electrons. The van der Waals surface area contributed by atoms with E-state index in [1.54, 1.807) is 50.7 Å². The average Bonchev–Trinajstić information content (AvgIpc) is 3.66. The van der Waals surface area contributed by atoms with Gasteiger partial charge in [0.05, 0.1) is 23.2 Å². The van der Waals surface area contributed by atoms with Crippen LogP contribution in [0.3, 0.4) is 0 Å². The molecule has 252 valence electrons. The van der Waals surface area contributed by atoms with Crippen LogP contribution >= 0.6 is 23.4 Å². The molecular formula is C37H46ClN3O5S. The Morgan fingerprint density at radius 2 is 1.60 bits per heavy atom. The fraction of sp³-hybridized carbons (Fsp3) is 0.486. The molecule has 5 rings (SSSR count). The molecule has 8 nitrogen and oxygen atoms in total. The highest BCUT2D eigenvalue weighted by Gasteiger charge is 2.76. The van der Waals surface area contributed by atoms with Crippen LogP contribution in [0.25, 0.3) is 0 Å². The Balaban J connectivity index is 1.53. The summed E-state index contributed by atoms with van der Waals surface area (Å²) in [4.78, 5) is 49.4. The van der Waals surface area contributed by atoms with Gasteiger partial charge in [0, 0.05) is 47.9 Å². The number of amides is 3. The van der Waals surface area contributed by atoms with Crippen LogP contribution in [0.15, 0.2) is 73.8 Å². The number of likely N-dealkylation sites (tertiary alicyclic amines) is 1. The van der Waals surface area contributed by atoms with Crippen molar-refractivity contribution >= 4 is 52.5 Å². The fourth-order valence-corrected chi connectivity index (χ4v) is 10.3. The molecular weight excluding hydrogens is 634 g/mol. The minimum absolute atomic E-state index is 0.0398. The third kappa shape index (κ3) is 6.59. The second kappa shape index (κ2) is 15.3. The number of carbonyl (C=O) groups is 3. The van der Waals surface area contributed by atoms with E-state index >= 15 is 0 Å². The molecule has 2 aromatic rings. The lowest BCUT2D eigenvalue weighted by molar-refractivity contribution is -0.139. The van der Waals surface area contributed by atoms with E-state index in [1.165, 1.54) is 0 Å². The Morgan fingerprint density at radius 3 is 2.19 bits per heavy atom. The van der Waals surface area contributed by atoms with E-state index in [9.17, 15) is 19.5 Å². The summed E-state index contributed by atoms with van der Waals surface area (Å²) in [7, 11) is 0. The predicted octanol–water partition coefficient (Wildman–Crippen LogP) is 6.37. The highest BCUT2D eigenvalue weighted by molar-refractivity contribution is 8.02. The molecule has 2 aromatic carbocycles. The molecule has 3 saturated heterocycles. The van der Waals surface area contributed by atoms with Crippen LogP contribution in [0.2, 0.25) is 5.02 Å². The first kappa shape index (κ1) is 35.0. The average molecular weight is 680 g/mol. The van der Waals surface area contributed by atoms with E-state index in [0.717, 1.165) is 25.0 Å². The van der Waals surface area contributed by atoms with Gasteiger partial charge in [-0.3, -0.25) is 14.4 Å². The maximum absolute atomic E-state index is 14.9. The zero-order valence-corrected chi connectivity index (χ0v) is 28.9. The number of anilines is 2. The van der Waals surface area contributed by atoms with E-state index in [-0.39, 0.29) is 42.0 Å². The lowest BCUT2D eigenvalue weighted by Crippen LogP contribution is -2.57. The molecule has 3 aliphatic rings. The number of hydrogen-bond acceptors (Lipinski definition) is 6. The van der Waals surface area contributed by atoms with Crippen LogP contribution in [-0.2, 0) is 14.4 Å². The summed E-state index contributed by atoms with van der Waals surface area (Å²) >= 11 is 7.87. The second-order valence-electron chi connectivity index (χ2n) is 12.6. The molecule has 3 amide bonds. The lowest BCUT2D eigenvalue weighted by atomic mass is 9.65. The third-order valence-corrected chi connectivity index (χ3v) is 12.2. The van der Waals surface area contributed by atoms with Gasteiger partial charge >= 0.3 is 0 Å². The largest absolute Gasteiger partial charge is 0.494 e. The number of rotatable bonds is 16. The van der Waals surface area contributed by atoms with Crippen LogP contribution in [-0.4, -0.2) is 76.6 Å². The van der Waals surface area contributed by atoms with Crippen LogP contribution in [0, 0.1) is 17.8 Å². The third-order valence-electron chi connectivity index (χ3n) is 9.82. The molecule has 10 heteroatoms. The van der Waals surface area contributed by atoms with Crippen LogP contribution in [0.1, 0.15) is 46.0 Å². The summed E-state index contributed by atoms with van der Waals surface area (Å²) in [6, 6.07) is 13.8. The summed E-state index contributed by atoms with van der Waals surface area (Å²) in [6.07, 6.45) is 7.21. The molecule has 0 saturated carbocycles. The van der Waals surface area contributed by atoms with Crippen molar-refractivity contribution in [1.82, 2.24) is 4.90 Å². The van der Waals surface area contributed by atoms with E-state index in [4.69, 9.17) is 16.3 Å². The molecule has 0 aromatic heterocycles. The van der Waals surface area contributed by atoms with Gasteiger partial charge in [0.2, 0.25) is 11.8 Å². The summed E-state index contributed by atoms with van der Waals surface area (Å²) in [5.74, 6) is -0.851. The number of thioether (sulfide) groups is 1. The quantitative estimate of drug-likeness (QED) is 0.164. The van der Waals surface area contributed by atoms with Crippen molar-refractivity contribution in [1.29, 1.82) is 0 Å². The van der Waals surface area contributed by atoms with Gasteiger partial charge in [-0.15, -0.1) is 24.9 Å². The van der Waals surface area contributed by atoms with Gasteiger partial charge in [-0.1, -0.05) is 43.5 Å². The molecule has 3 heterocycles. The molecule has 3 aliphatic heterocycles. The van der Waals surface area contributed by atoms with E-state index in [1.807, 2.05) is 43.3 Å². The smallest absolute Gasteiger partial charge is 0.251 e. The fourth-order valence-electron chi connectivity index (χ4n) is 7.81. The summed E-state index contributed by atoms with van der Waals surface area (Å²) < 4.78 is 4.86. The first-order valence-corrected chi connectivity index (χ1v) is 17.9. The van der Waals surface area contributed by atoms with Gasteiger partial charge < -0.3 is 24.5 Å². The molecule has 2 bridgehead atoms. The molecule has 0 aliphatic carbocycles. The molecule has 3 fully saturated rings. The number of unbranched alkanes of at least 4 members (excludes halogenated alkanes) is 3. The van der Waals surface area contributed by atoms with E-state index in [2.05, 4.69) is 20.1 Å². The molecule has 3 unspecified atom stereocenters. The predicted molar refractivity (Wildman–Crippen MR) is 190 cm³/mol. The Labute approximate surface area is 287 Å². The van der Waals surface area contributed by atoms with Crippen molar-refractivity contribution in [2.75, 3.05) is 42.6 Å². The van der Waals surface area contributed by atoms with Gasteiger partial charge in [-0.05, 0) is 80.6 Å². The molecule has 47 heavy (non-hydrogen) atoms. The normalized spacial score (nSPS) is 25.8. The number of fused-ring (bicyclic) bond motifs is 1. The van der Waals surface area contributed by atoms with Gasteiger partial charge in [0.15, 0.2) is 0 Å². The van der Waals surface area contributed by atoms with Crippen LogP contribution < -0.4 is 14.5 Å². The maximum Gasteiger partial charge on any atom is 0.251 e. The van der Waals surface area contributed by atoms with Gasteiger partial charge in [0.25, 0.3) is 5.91 Å². The first-order chi connectivity index (χ1) is 22.7. The Morgan fingerprint density at radius 1 is 1.00 bits per heavy atom. The number of nitrogens with zero attached hydrogens (tertiary/aromatic N) is 3. The van der Waals surface area contributed by atoms with Gasteiger partial charge in [-0.2, -0.15) is 0 Å². The number of aliphatic hydroxyl groups excluding tert-OH is 1. The highest BCUT2D eigenvalue weighted by atomic mass is 35.5. The highest BCUT2D eigenvalue weighted by Crippen LogP contribution is 2.69. The summed E-state index contributed by atoms with van der Waals surface area (Å²) in [6.45, 7) is 13.5. The summed E-state index contributed by atoms with van der Waals surface area (Å²) in [5, 5.41) is 9.76. The zero-order valence-electron chi connectivity index (χ0n) is 27.4. The van der Waals surface area contributed by atoms with Crippen molar-refractivity contribution < 1.29 is 24.2 Å². The van der Waals surface area contributed by atoms with Crippen molar-refractivity contribution in [2.45, 2.75) is 62.0 Å². The molecule has 1 spiro atoms. The van der Waals surface area contributed by atoms with Crippen LogP contribution in [0.4, 0.5) is 11.4 Å². The number of benzene rings is 2. The van der Waals surface area contributed by atoms with Crippen molar-refractivity contribution in [3.05, 3.63) is 78.9 Å². The van der Waals surface area contributed by atoms with Gasteiger partial charge in [0.1, 0.15) is 11.8 Å². The van der Waals surface area contributed by atoms with Crippen LogP contribution in [0.5, 0.6) is 5.75 Å². The number of carbonyl (C=O) groups excluding carboxylic acids is 3. The number of ether oxygens (including phenoxy) is 1. The maximum atomic E-state index is 14.9. The Bertz CT molecular complexity index is 1450.